The van der Waals surface area contributed by atoms with Gasteiger partial charge in [-0.25, -0.2) is 0 Å². The predicted molar refractivity (Wildman–Crippen MR) is 129 cm³/mol. The highest BCUT2D eigenvalue weighted by molar-refractivity contribution is 6.07. The Morgan fingerprint density at radius 2 is 1.71 bits per heavy atom. The average molecular weight is 488 g/mol. The molecule has 3 aromatic rings. The van der Waals surface area contributed by atoms with Crippen LogP contribution in [0.5, 0.6) is 17.2 Å². The summed E-state index contributed by atoms with van der Waals surface area (Å²) in [6.45, 7) is 0.872. The van der Waals surface area contributed by atoms with Crippen molar-refractivity contribution in [2.24, 2.45) is 0 Å². The van der Waals surface area contributed by atoms with Gasteiger partial charge in [-0.3, -0.25) is 4.79 Å². The summed E-state index contributed by atoms with van der Waals surface area (Å²) in [5.74, 6) is 1.68. The zero-order chi connectivity index (χ0) is 25.1. The van der Waals surface area contributed by atoms with Crippen molar-refractivity contribution in [3.8, 4) is 17.2 Å². The van der Waals surface area contributed by atoms with Crippen LogP contribution in [-0.2, 0) is 0 Å². The van der Waals surface area contributed by atoms with Crippen molar-refractivity contribution < 1.29 is 32.2 Å². The minimum absolute atomic E-state index is 0.0190. The van der Waals surface area contributed by atoms with Gasteiger partial charge in [0.05, 0.1) is 19.8 Å². The molecule has 1 aliphatic carbocycles. The lowest BCUT2D eigenvalue weighted by molar-refractivity contribution is -0.0494. The molecule has 2 atom stereocenters. The summed E-state index contributed by atoms with van der Waals surface area (Å²) in [7, 11) is 3.20. The molecule has 0 unspecified atom stereocenters. The number of alkyl halides is 2. The van der Waals surface area contributed by atoms with Gasteiger partial charge in [0.2, 0.25) is 0 Å². The fourth-order valence-corrected chi connectivity index (χ4v) is 4.82. The van der Waals surface area contributed by atoms with E-state index in [9.17, 15) is 13.6 Å². The van der Waals surface area contributed by atoms with Crippen molar-refractivity contribution in [3.63, 3.8) is 0 Å². The van der Waals surface area contributed by atoms with Gasteiger partial charge in [0.1, 0.15) is 5.76 Å². The number of nitrogens with one attached hydrogen (secondary N) is 1. The molecule has 0 aliphatic heterocycles. The number of methoxy groups -OCH3 is 2. The molecule has 0 saturated heterocycles. The van der Waals surface area contributed by atoms with Crippen LogP contribution in [0.4, 0.5) is 8.78 Å². The number of furan rings is 1. The van der Waals surface area contributed by atoms with Crippen molar-refractivity contribution >= 4 is 16.9 Å². The maximum atomic E-state index is 13.5. The number of amides is 1. The first-order chi connectivity index (χ1) is 16.8. The quantitative estimate of drug-likeness (QED) is 0.386. The van der Waals surface area contributed by atoms with Crippen molar-refractivity contribution in [1.29, 1.82) is 0 Å². The fourth-order valence-electron chi connectivity index (χ4n) is 4.82. The Kier molecular flexibility index (Phi) is 7.48. The summed E-state index contributed by atoms with van der Waals surface area (Å²) >= 11 is 0. The molecule has 1 N–H and O–H groups in total. The second kappa shape index (κ2) is 10.5. The van der Waals surface area contributed by atoms with E-state index in [0.717, 1.165) is 31.2 Å². The molecule has 1 amide bonds. The van der Waals surface area contributed by atoms with Crippen LogP contribution < -0.4 is 19.5 Å². The molecule has 0 radical (unpaired) electrons. The van der Waals surface area contributed by atoms with E-state index >= 15 is 0 Å². The Bertz CT molecular complexity index is 1190. The summed E-state index contributed by atoms with van der Waals surface area (Å²) in [6, 6.07) is 10.4. The van der Waals surface area contributed by atoms with Gasteiger partial charge >= 0.3 is 6.61 Å². The summed E-state index contributed by atoms with van der Waals surface area (Å²) in [5, 5.41) is 3.66. The SMILES string of the molecule is COc1ccc([C@H]2CCCC[C@H]2NC(=O)c2ccc(OC(F)F)c3oc(C(C)C)cc23)cc1OC. The number of carbonyl (C=O) groups is 1. The standard InChI is InChI=1S/C27H31F2NO5/c1-15(2)23-14-19-18(10-12-22(25(19)34-23)35-27(28)29)26(31)30-20-8-6-5-7-17(20)16-9-11-21(32-3)24(13-16)33-4/h9-15,17,20,27H,5-8H2,1-4H3,(H,30,31)/t17-,20-/m1/s1. The van der Waals surface area contributed by atoms with Crippen molar-refractivity contribution in [1.82, 2.24) is 5.32 Å². The maximum absolute atomic E-state index is 13.5. The number of fused-ring (bicyclic) bond motifs is 1. The van der Waals surface area contributed by atoms with E-state index in [1.54, 1.807) is 20.3 Å². The second-order valence-corrected chi connectivity index (χ2v) is 9.12. The van der Waals surface area contributed by atoms with E-state index < -0.39 is 6.61 Å². The summed E-state index contributed by atoms with van der Waals surface area (Å²) < 4.78 is 47.1. The second-order valence-electron chi connectivity index (χ2n) is 9.12. The van der Waals surface area contributed by atoms with E-state index in [1.165, 1.54) is 12.1 Å². The van der Waals surface area contributed by atoms with Crippen LogP contribution in [0.2, 0.25) is 0 Å². The molecule has 6 nitrogen and oxygen atoms in total. The van der Waals surface area contributed by atoms with Crippen molar-refractivity contribution in [3.05, 3.63) is 53.3 Å². The number of hydrogen-bond donors (Lipinski definition) is 1. The fraction of sp³-hybridized carbons (Fsp3) is 0.444. The largest absolute Gasteiger partial charge is 0.493 e. The van der Waals surface area contributed by atoms with Gasteiger partial charge in [-0.2, -0.15) is 8.78 Å². The molecule has 1 fully saturated rings. The smallest absolute Gasteiger partial charge is 0.387 e. The lowest BCUT2D eigenvalue weighted by Gasteiger charge is -2.33. The van der Waals surface area contributed by atoms with Gasteiger partial charge in [0, 0.05) is 23.3 Å². The van der Waals surface area contributed by atoms with Crippen LogP contribution in [-0.4, -0.2) is 32.8 Å². The van der Waals surface area contributed by atoms with E-state index in [-0.39, 0.29) is 35.1 Å². The normalized spacial score (nSPS) is 18.2. The zero-order valence-electron chi connectivity index (χ0n) is 20.4. The molecule has 35 heavy (non-hydrogen) atoms. The number of hydrogen-bond acceptors (Lipinski definition) is 5. The van der Waals surface area contributed by atoms with Crippen LogP contribution in [0.3, 0.4) is 0 Å². The van der Waals surface area contributed by atoms with Crippen LogP contribution in [0.1, 0.15) is 73.0 Å². The molecule has 0 spiro atoms. The average Bonchev–Trinajstić information content (AvgIpc) is 3.30. The molecule has 188 valence electrons. The van der Waals surface area contributed by atoms with Gasteiger partial charge in [-0.15, -0.1) is 0 Å². The number of halogens is 2. The molecule has 2 aromatic carbocycles. The number of rotatable bonds is 8. The minimum Gasteiger partial charge on any atom is -0.493 e. The van der Waals surface area contributed by atoms with E-state index in [1.807, 2.05) is 32.0 Å². The Labute approximate surface area is 203 Å². The van der Waals surface area contributed by atoms with Crippen LogP contribution in [0, 0.1) is 0 Å². The topological polar surface area (TPSA) is 69.9 Å². The summed E-state index contributed by atoms with van der Waals surface area (Å²) in [6.07, 6.45) is 3.84. The molecule has 4 rings (SSSR count). The van der Waals surface area contributed by atoms with E-state index in [0.29, 0.717) is 28.2 Å². The lowest BCUT2D eigenvalue weighted by atomic mass is 9.79. The molecule has 0 bridgehead atoms. The van der Waals surface area contributed by atoms with Crippen LogP contribution >= 0.6 is 0 Å². The Morgan fingerprint density at radius 1 is 1.00 bits per heavy atom. The monoisotopic (exact) mass is 487 g/mol. The number of ether oxygens (including phenoxy) is 3. The van der Waals surface area contributed by atoms with Gasteiger partial charge in [-0.1, -0.05) is 32.8 Å². The third kappa shape index (κ3) is 5.21. The van der Waals surface area contributed by atoms with Crippen molar-refractivity contribution in [2.75, 3.05) is 14.2 Å². The third-order valence-electron chi connectivity index (χ3n) is 6.61. The van der Waals surface area contributed by atoms with Crippen LogP contribution in [0.25, 0.3) is 11.0 Å². The molecular formula is C27H31F2NO5. The predicted octanol–water partition coefficient (Wildman–Crippen LogP) is 6.63. The highest BCUT2D eigenvalue weighted by Crippen LogP contribution is 2.39. The number of benzene rings is 2. The maximum Gasteiger partial charge on any atom is 0.387 e. The molecular weight excluding hydrogens is 456 g/mol. The summed E-state index contributed by atoms with van der Waals surface area (Å²) in [4.78, 5) is 13.5. The first-order valence-electron chi connectivity index (χ1n) is 11.9. The zero-order valence-corrected chi connectivity index (χ0v) is 20.4. The minimum atomic E-state index is -2.99. The first kappa shape index (κ1) is 24.8. The van der Waals surface area contributed by atoms with Gasteiger partial charge in [0.25, 0.3) is 5.91 Å². The Hall–Kier alpha value is -3.29. The highest BCUT2D eigenvalue weighted by atomic mass is 19.3. The lowest BCUT2D eigenvalue weighted by Crippen LogP contribution is -2.41. The van der Waals surface area contributed by atoms with E-state index in [2.05, 4.69) is 10.1 Å². The van der Waals surface area contributed by atoms with Gasteiger partial charge in [-0.05, 0) is 48.7 Å². The van der Waals surface area contributed by atoms with Crippen LogP contribution in [0.15, 0.2) is 40.8 Å². The molecule has 1 heterocycles. The van der Waals surface area contributed by atoms with Gasteiger partial charge < -0.3 is 23.9 Å². The number of carbonyl (C=O) groups excluding carboxylic acids is 1. The Balaban J connectivity index is 1.64. The third-order valence-corrected chi connectivity index (χ3v) is 6.61. The first-order valence-corrected chi connectivity index (χ1v) is 11.9. The molecule has 1 aromatic heterocycles. The van der Waals surface area contributed by atoms with E-state index in [4.69, 9.17) is 13.9 Å². The highest BCUT2D eigenvalue weighted by Gasteiger charge is 2.30. The van der Waals surface area contributed by atoms with Gasteiger partial charge in [0.15, 0.2) is 22.8 Å². The summed E-state index contributed by atoms with van der Waals surface area (Å²) in [5.41, 5.74) is 1.60. The Morgan fingerprint density at radius 3 is 2.40 bits per heavy atom. The molecule has 1 aliphatic rings. The van der Waals surface area contributed by atoms with Crippen molar-refractivity contribution in [2.45, 2.75) is 64.0 Å². The molecule has 1 saturated carbocycles. The molecule has 8 heteroatoms.